The lowest BCUT2D eigenvalue weighted by Crippen LogP contribution is -2.55. The van der Waals surface area contributed by atoms with E-state index in [0.29, 0.717) is 5.56 Å². The molecule has 1 aliphatic carbocycles. The van der Waals surface area contributed by atoms with Crippen molar-refractivity contribution in [2.24, 2.45) is 0 Å². The van der Waals surface area contributed by atoms with E-state index in [9.17, 15) is 26.4 Å². The van der Waals surface area contributed by atoms with E-state index < -0.39 is 56.1 Å². The zero-order valence-corrected chi connectivity index (χ0v) is 22.8. The molecule has 0 radical (unpaired) electrons. The van der Waals surface area contributed by atoms with E-state index in [4.69, 9.17) is 17.8 Å². The number of ether oxygens (including phenoxy) is 2. The lowest BCUT2D eigenvalue weighted by atomic mass is 9.89. The molecule has 1 aromatic rings. The van der Waals surface area contributed by atoms with Gasteiger partial charge in [-0.1, -0.05) is 30.3 Å². The summed E-state index contributed by atoms with van der Waals surface area (Å²) in [4.78, 5) is 27.2. The Labute approximate surface area is 212 Å². The molecule has 1 amide bonds. The molecular formula is C23H33NO10S2. The number of benzene rings is 1. The minimum absolute atomic E-state index is 0.00507. The standard InChI is InChI=1S/C23H33NO10S2/c1-7-31-21(25)17-13-18(20(34-36(6,29)30)19(14-17)33-35(5,27)28)24(22(26)32-23(2,3)4)15-16-11-9-8-10-12-16/h8-13,18-20H,7,14-15H2,1-6H3/t18-,19-,20+/m0/s1. The maximum atomic E-state index is 13.4. The third-order valence-electron chi connectivity index (χ3n) is 4.80. The van der Waals surface area contributed by atoms with Crippen LogP contribution in [-0.4, -0.2) is 76.8 Å². The van der Waals surface area contributed by atoms with Crippen LogP contribution in [0.5, 0.6) is 0 Å². The molecule has 0 fully saturated rings. The van der Waals surface area contributed by atoms with Gasteiger partial charge in [0, 0.05) is 18.5 Å². The maximum absolute atomic E-state index is 13.4. The number of hydrogen-bond acceptors (Lipinski definition) is 10. The molecule has 0 aliphatic heterocycles. The molecule has 0 N–H and O–H groups in total. The number of carbonyl (C=O) groups is 2. The Bertz CT molecular complexity index is 1170. The number of esters is 1. The van der Waals surface area contributed by atoms with E-state index in [2.05, 4.69) is 0 Å². The van der Waals surface area contributed by atoms with Gasteiger partial charge in [0.2, 0.25) is 0 Å². The average Bonchev–Trinajstić information content (AvgIpc) is 2.71. The van der Waals surface area contributed by atoms with Gasteiger partial charge >= 0.3 is 12.1 Å². The molecule has 2 rings (SSSR count). The van der Waals surface area contributed by atoms with Gasteiger partial charge in [-0.15, -0.1) is 0 Å². The lowest BCUT2D eigenvalue weighted by Gasteiger charge is -2.41. The number of hydrogen-bond donors (Lipinski definition) is 0. The molecule has 0 unspecified atom stereocenters. The van der Waals surface area contributed by atoms with Gasteiger partial charge in [-0.25, -0.2) is 9.59 Å². The lowest BCUT2D eigenvalue weighted by molar-refractivity contribution is -0.139. The molecule has 0 heterocycles. The van der Waals surface area contributed by atoms with Crippen LogP contribution in [0.4, 0.5) is 4.79 Å². The summed E-state index contributed by atoms with van der Waals surface area (Å²) in [5.74, 6) is -0.758. The van der Waals surface area contributed by atoms with Crippen molar-refractivity contribution in [3.05, 3.63) is 47.5 Å². The Hall–Kier alpha value is -2.48. The zero-order valence-electron chi connectivity index (χ0n) is 21.2. The fraction of sp³-hybridized carbons (Fsp3) is 0.565. The summed E-state index contributed by atoms with van der Waals surface area (Å²) in [5, 5.41) is 0. The van der Waals surface area contributed by atoms with Gasteiger partial charge in [-0.3, -0.25) is 13.3 Å². The first-order valence-corrected chi connectivity index (χ1v) is 14.8. The summed E-state index contributed by atoms with van der Waals surface area (Å²) in [5.41, 5.74) is -0.242. The first-order chi connectivity index (χ1) is 16.5. The second-order valence-corrected chi connectivity index (χ2v) is 12.5. The third-order valence-corrected chi connectivity index (χ3v) is 5.97. The van der Waals surface area contributed by atoms with Gasteiger partial charge < -0.3 is 9.47 Å². The van der Waals surface area contributed by atoms with Crippen molar-refractivity contribution in [2.75, 3.05) is 19.1 Å². The Kier molecular flexibility index (Phi) is 9.68. The van der Waals surface area contributed by atoms with Gasteiger partial charge in [-0.05, 0) is 39.3 Å². The van der Waals surface area contributed by atoms with Gasteiger partial charge in [-0.2, -0.15) is 16.8 Å². The fourth-order valence-corrected chi connectivity index (χ4v) is 4.86. The van der Waals surface area contributed by atoms with Crippen molar-refractivity contribution >= 4 is 32.3 Å². The van der Waals surface area contributed by atoms with Gasteiger partial charge in [0.05, 0.1) is 25.2 Å². The van der Waals surface area contributed by atoms with Gasteiger partial charge in [0.15, 0.2) is 0 Å². The molecule has 0 bridgehead atoms. The maximum Gasteiger partial charge on any atom is 0.411 e. The van der Waals surface area contributed by atoms with Crippen LogP contribution in [-0.2, 0) is 49.4 Å². The van der Waals surface area contributed by atoms with Crippen LogP contribution >= 0.6 is 0 Å². The smallest absolute Gasteiger partial charge is 0.411 e. The predicted molar refractivity (Wildman–Crippen MR) is 131 cm³/mol. The molecule has 0 saturated heterocycles. The number of carbonyl (C=O) groups excluding carboxylic acids is 2. The monoisotopic (exact) mass is 547 g/mol. The highest BCUT2D eigenvalue weighted by molar-refractivity contribution is 7.86. The summed E-state index contributed by atoms with van der Waals surface area (Å²) in [6, 6.07) is 7.51. The summed E-state index contributed by atoms with van der Waals surface area (Å²) in [6.07, 6.45) is -1.20. The highest BCUT2D eigenvalue weighted by atomic mass is 32.2. The fourth-order valence-electron chi connectivity index (χ4n) is 3.59. The molecule has 11 nitrogen and oxygen atoms in total. The minimum atomic E-state index is -4.16. The van der Waals surface area contributed by atoms with Gasteiger partial charge in [0.1, 0.15) is 17.8 Å². The Morgan fingerprint density at radius 2 is 1.58 bits per heavy atom. The number of nitrogens with zero attached hydrogens (tertiary/aromatic N) is 1. The van der Waals surface area contributed by atoms with E-state index in [1.54, 1.807) is 58.0 Å². The molecule has 36 heavy (non-hydrogen) atoms. The summed E-state index contributed by atoms with van der Waals surface area (Å²) >= 11 is 0. The van der Waals surface area contributed by atoms with E-state index in [1.165, 1.54) is 11.0 Å². The first-order valence-electron chi connectivity index (χ1n) is 11.2. The Morgan fingerprint density at radius 1 is 1.00 bits per heavy atom. The topological polar surface area (TPSA) is 143 Å². The largest absolute Gasteiger partial charge is 0.463 e. The van der Waals surface area contributed by atoms with E-state index >= 15 is 0 Å². The van der Waals surface area contributed by atoms with Crippen LogP contribution in [0.15, 0.2) is 42.0 Å². The second kappa shape index (κ2) is 11.7. The van der Waals surface area contributed by atoms with Crippen molar-refractivity contribution in [1.82, 2.24) is 4.90 Å². The second-order valence-electron chi connectivity index (χ2n) is 9.30. The predicted octanol–water partition coefficient (Wildman–Crippen LogP) is 2.38. The molecule has 3 atom stereocenters. The number of amides is 1. The van der Waals surface area contributed by atoms with Crippen LogP contribution in [0.1, 0.15) is 39.7 Å². The quantitative estimate of drug-likeness (QED) is 0.334. The molecular weight excluding hydrogens is 514 g/mol. The third kappa shape index (κ3) is 9.52. The Balaban J connectivity index is 2.70. The van der Waals surface area contributed by atoms with Gasteiger partial charge in [0.25, 0.3) is 20.2 Å². The first kappa shape index (κ1) is 29.7. The zero-order chi connectivity index (χ0) is 27.3. The van der Waals surface area contributed by atoms with Crippen molar-refractivity contribution in [1.29, 1.82) is 0 Å². The van der Waals surface area contributed by atoms with Crippen LogP contribution in [0, 0.1) is 0 Å². The average molecular weight is 548 g/mol. The molecule has 0 saturated carbocycles. The highest BCUT2D eigenvalue weighted by Gasteiger charge is 2.45. The van der Waals surface area contributed by atoms with Crippen molar-refractivity contribution < 1.29 is 44.3 Å². The molecule has 0 aromatic heterocycles. The van der Waals surface area contributed by atoms with E-state index in [1.807, 2.05) is 0 Å². The SMILES string of the molecule is CCOC(=O)C1=C[C@H](N(Cc2ccccc2)C(=O)OC(C)(C)C)[C@@H](OS(C)(=O)=O)[C@@H](OS(C)(=O)=O)C1. The molecule has 1 aromatic carbocycles. The summed E-state index contributed by atoms with van der Waals surface area (Å²) in [6.45, 7) is 6.55. The summed E-state index contributed by atoms with van der Waals surface area (Å²) < 4.78 is 69.5. The van der Waals surface area contributed by atoms with Crippen LogP contribution in [0.25, 0.3) is 0 Å². The number of rotatable bonds is 9. The van der Waals surface area contributed by atoms with Crippen molar-refractivity contribution in [3.8, 4) is 0 Å². The van der Waals surface area contributed by atoms with Crippen molar-refractivity contribution in [3.63, 3.8) is 0 Å². The molecule has 202 valence electrons. The normalized spacial score (nSPS) is 20.8. The van der Waals surface area contributed by atoms with E-state index in [0.717, 1.165) is 12.5 Å². The van der Waals surface area contributed by atoms with Crippen LogP contribution in [0.2, 0.25) is 0 Å². The molecule has 0 spiro atoms. The molecule has 13 heteroatoms. The van der Waals surface area contributed by atoms with Crippen LogP contribution in [0.3, 0.4) is 0 Å². The minimum Gasteiger partial charge on any atom is -0.463 e. The van der Waals surface area contributed by atoms with Crippen molar-refractivity contribution in [2.45, 2.75) is 64.5 Å². The summed E-state index contributed by atoms with van der Waals surface area (Å²) in [7, 11) is -8.28. The highest BCUT2D eigenvalue weighted by Crippen LogP contribution is 2.32. The Morgan fingerprint density at radius 3 is 2.08 bits per heavy atom. The molecule has 1 aliphatic rings. The van der Waals surface area contributed by atoms with E-state index in [-0.39, 0.29) is 25.1 Å². The van der Waals surface area contributed by atoms with Crippen LogP contribution < -0.4 is 0 Å².